The van der Waals surface area contributed by atoms with Gasteiger partial charge in [0.1, 0.15) is 6.04 Å². The van der Waals surface area contributed by atoms with Gasteiger partial charge in [-0.25, -0.2) is 0 Å². The Balaban J connectivity index is 1.38. The third-order valence-electron chi connectivity index (χ3n) is 7.13. The van der Waals surface area contributed by atoms with Crippen molar-refractivity contribution in [1.82, 2.24) is 15.1 Å². The monoisotopic (exact) mass is 467 g/mol. The van der Waals surface area contributed by atoms with Crippen molar-refractivity contribution in [1.29, 1.82) is 0 Å². The molecule has 4 rings (SSSR count). The number of nitrogens with zero attached hydrogens (tertiary/aromatic N) is 2. The van der Waals surface area contributed by atoms with Crippen LogP contribution < -0.4 is 5.32 Å². The Hall–Kier alpha value is -2.37. The summed E-state index contributed by atoms with van der Waals surface area (Å²) in [6.07, 6.45) is 5.38. The second-order valence-electron chi connectivity index (χ2n) is 9.38. The third-order valence-corrected chi connectivity index (χ3v) is 7.38. The molecule has 0 radical (unpaired) electrons. The number of hydrogen-bond acceptors (Lipinski definition) is 3. The fourth-order valence-electron chi connectivity index (χ4n) is 5.27. The van der Waals surface area contributed by atoms with Crippen molar-refractivity contribution in [3.05, 3.63) is 70.2 Å². The highest BCUT2D eigenvalue weighted by Crippen LogP contribution is 2.34. The van der Waals surface area contributed by atoms with Crippen LogP contribution in [0.15, 0.2) is 48.5 Å². The van der Waals surface area contributed by atoms with E-state index in [4.69, 9.17) is 11.6 Å². The summed E-state index contributed by atoms with van der Waals surface area (Å²) in [6.45, 7) is 6.69. The van der Waals surface area contributed by atoms with Crippen molar-refractivity contribution >= 4 is 23.4 Å². The van der Waals surface area contributed by atoms with Crippen LogP contribution in [0.5, 0.6) is 0 Å². The van der Waals surface area contributed by atoms with Crippen LogP contribution in [0.2, 0.25) is 5.02 Å². The summed E-state index contributed by atoms with van der Waals surface area (Å²) < 4.78 is 0. The van der Waals surface area contributed by atoms with Crippen LogP contribution in [0.1, 0.15) is 67.1 Å². The molecule has 5 nitrogen and oxygen atoms in total. The molecule has 33 heavy (non-hydrogen) atoms. The van der Waals surface area contributed by atoms with Gasteiger partial charge < -0.3 is 10.2 Å². The Morgan fingerprint density at radius 3 is 2.45 bits per heavy atom. The molecule has 1 saturated heterocycles. The maximum absolute atomic E-state index is 13.3. The molecule has 0 aliphatic carbocycles. The predicted octanol–water partition coefficient (Wildman–Crippen LogP) is 4.85. The third kappa shape index (κ3) is 5.42. The highest BCUT2D eigenvalue weighted by molar-refractivity contribution is 6.30. The van der Waals surface area contributed by atoms with E-state index in [1.54, 1.807) is 4.90 Å². The molecule has 1 fully saturated rings. The summed E-state index contributed by atoms with van der Waals surface area (Å²) in [5, 5.41) is 3.80. The van der Waals surface area contributed by atoms with E-state index in [9.17, 15) is 9.59 Å². The maximum Gasteiger partial charge on any atom is 0.255 e. The van der Waals surface area contributed by atoms with E-state index in [-0.39, 0.29) is 11.8 Å². The van der Waals surface area contributed by atoms with Crippen molar-refractivity contribution in [2.24, 2.45) is 0 Å². The van der Waals surface area contributed by atoms with Crippen LogP contribution in [0.3, 0.4) is 0 Å². The van der Waals surface area contributed by atoms with Crippen LogP contribution in [0.25, 0.3) is 0 Å². The molecule has 3 atom stereocenters. The lowest BCUT2D eigenvalue weighted by Gasteiger charge is -2.39. The zero-order valence-electron chi connectivity index (χ0n) is 19.6. The van der Waals surface area contributed by atoms with Gasteiger partial charge in [0.2, 0.25) is 5.91 Å². The average Bonchev–Trinajstić information content (AvgIpc) is 3.09. The van der Waals surface area contributed by atoms with E-state index in [0.29, 0.717) is 42.2 Å². The lowest BCUT2D eigenvalue weighted by Crippen LogP contribution is -2.45. The lowest BCUT2D eigenvalue weighted by molar-refractivity contribution is -0.125. The largest absolute Gasteiger partial charge is 0.354 e. The number of likely N-dealkylation sites (tertiary alicyclic amines) is 1. The van der Waals surface area contributed by atoms with Crippen molar-refractivity contribution in [3.8, 4) is 0 Å². The Labute approximate surface area is 202 Å². The SMILES string of the molecule is C[C@@H]1CCC[C@H](C)N1CCCNC(=O)[C@@H]1c2ccccc2C(=O)N1CCc1ccc(Cl)cc1. The van der Waals surface area contributed by atoms with Crippen LogP contribution in [-0.4, -0.2) is 53.3 Å². The highest BCUT2D eigenvalue weighted by Gasteiger charge is 2.40. The number of hydrogen-bond donors (Lipinski definition) is 1. The molecule has 0 unspecified atom stereocenters. The number of carbonyl (C=O) groups excluding carboxylic acids is 2. The summed E-state index contributed by atoms with van der Waals surface area (Å²) in [5.74, 6) is -0.167. The Kier molecular flexibility index (Phi) is 7.71. The van der Waals surface area contributed by atoms with E-state index in [1.165, 1.54) is 19.3 Å². The van der Waals surface area contributed by atoms with Gasteiger partial charge in [-0.2, -0.15) is 0 Å². The van der Waals surface area contributed by atoms with E-state index in [2.05, 4.69) is 24.1 Å². The minimum absolute atomic E-state index is 0.0734. The molecule has 2 aliphatic rings. The number of piperidine rings is 1. The van der Waals surface area contributed by atoms with Crippen molar-refractivity contribution in [3.63, 3.8) is 0 Å². The number of rotatable bonds is 8. The second-order valence-corrected chi connectivity index (χ2v) is 9.81. The number of fused-ring (bicyclic) bond motifs is 1. The molecule has 6 heteroatoms. The van der Waals surface area contributed by atoms with Gasteiger partial charge in [-0.1, -0.05) is 48.4 Å². The Morgan fingerprint density at radius 1 is 1.03 bits per heavy atom. The quantitative estimate of drug-likeness (QED) is 0.564. The normalized spacial score (nSPS) is 22.9. The average molecular weight is 468 g/mol. The first-order valence-corrected chi connectivity index (χ1v) is 12.5. The van der Waals surface area contributed by atoms with E-state index in [0.717, 1.165) is 24.1 Å². The number of benzene rings is 2. The van der Waals surface area contributed by atoms with E-state index >= 15 is 0 Å². The Morgan fingerprint density at radius 2 is 1.73 bits per heavy atom. The minimum atomic E-state index is -0.575. The topological polar surface area (TPSA) is 52.7 Å². The first kappa shape index (κ1) is 23.8. The summed E-state index contributed by atoms with van der Waals surface area (Å²) in [4.78, 5) is 30.6. The van der Waals surface area contributed by atoms with Gasteiger partial charge >= 0.3 is 0 Å². The summed E-state index contributed by atoms with van der Waals surface area (Å²) >= 11 is 5.99. The molecule has 2 aromatic rings. The van der Waals surface area contributed by atoms with Crippen LogP contribution in [-0.2, 0) is 11.2 Å². The molecule has 0 saturated carbocycles. The first-order chi connectivity index (χ1) is 16.0. The van der Waals surface area contributed by atoms with Crippen LogP contribution in [0.4, 0.5) is 0 Å². The number of halogens is 1. The fourth-order valence-corrected chi connectivity index (χ4v) is 5.40. The van der Waals surface area contributed by atoms with Crippen molar-refractivity contribution < 1.29 is 9.59 Å². The lowest BCUT2D eigenvalue weighted by atomic mass is 9.97. The number of amides is 2. The molecule has 2 heterocycles. The molecule has 2 amide bonds. The molecular formula is C27H34ClN3O2. The smallest absolute Gasteiger partial charge is 0.255 e. The van der Waals surface area contributed by atoms with Gasteiger partial charge in [-0.05, 0) is 68.9 Å². The molecule has 176 valence electrons. The van der Waals surface area contributed by atoms with Gasteiger partial charge in [0.05, 0.1) is 0 Å². The first-order valence-electron chi connectivity index (χ1n) is 12.1. The molecule has 0 aromatic heterocycles. The van der Waals surface area contributed by atoms with Crippen molar-refractivity contribution in [2.45, 2.75) is 64.1 Å². The number of nitrogens with one attached hydrogen (secondary N) is 1. The van der Waals surface area contributed by atoms with E-state index in [1.807, 2.05) is 48.5 Å². The van der Waals surface area contributed by atoms with Crippen molar-refractivity contribution in [2.75, 3.05) is 19.6 Å². The second kappa shape index (κ2) is 10.7. The zero-order valence-corrected chi connectivity index (χ0v) is 20.4. The fraction of sp³-hybridized carbons (Fsp3) is 0.481. The highest BCUT2D eigenvalue weighted by atomic mass is 35.5. The van der Waals surface area contributed by atoms with Gasteiger partial charge in [-0.15, -0.1) is 0 Å². The zero-order chi connectivity index (χ0) is 23.4. The maximum atomic E-state index is 13.3. The van der Waals surface area contributed by atoms with Crippen LogP contribution in [0, 0.1) is 0 Å². The molecule has 2 aliphatic heterocycles. The van der Waals surface area contributed by atoms with Gasteiger partial charge in [0.15, 0.2) is 0 Å². The Bertz CT molecular complexity index is 968. The summed E-state index contributed by atoms with van der Waals surface area (Å²) in [7, 11) is 0. The molecular weight excluding hydrogens is 434 g/mol. The molecule has 2 aromatic carbocycles. The minimum Gasteiger partial charge on any atom is -0.354 e. The summed E-state index contributed by atoms with van der Waals surface area (Å²) in [6, 6.07) is 15.7. The van der Waals surface area contributed by atoms with Gasteiger partial charge in [0, 0.05) is 42.3 Å². The van der Waals surface area contributed by atoms with Crippen LogP contribution >= 0.6 is 11.6 Å². The molecule has 1 N–H and O–H groups in total. The molecule has 0 bridgehead atoms. The number of carbonyl (C=O) groups is 2. The van der Waals surface area contributed by atoms with Gasteiger partial charge in [-0.3, -0.25) is 14.5 Å². The predicted molar refractivity (Wildman–Crippen MR) is 132 cm³/mol. The standard InChI is InChI=1S/C27H34ClN3O2/c1-19-7-5-8-20(2)30(19)17-6-16-29-26(32)25-23-9-3-4-10-24(23)27(33)31(25)18-15-21-11-13-22(28)14-12-21/h3-4,9-14,19-20,25H,5-8,15-18H2,1-2H3,(H,29,32)/t19-,20+,25-/m0/s1. The van der Waals surface area contributed by atoms with E-state index < -0.39 is 6.04 Å². The summed E-state index contributed by atoms with van der Waals surface area (Å²) in [5.41, 5.74) is 2.52. The van der Waals surface area contributed by atoms with Gasteiger partial charge in [0.25, 0.3) is 5.91 Å². The molecule has 0 spiro atoms.